The van der Waals surface area contributed by atoms with E-state index in [1.807, 2.05) is 17.7 Å². The number of aliphatic hydroxyl groups excluding tert-OH is 1. The summed E-state index contributed by atoms with van der Waals surface area (Å²) in [7, 11) is 0. The fourth-order valence-electron chi connectivity index (χ4n) is 3.67. The zero-order valence-electron chi connectivity index (χ0n) is 16.6. The van der Waals surface area contributed by atoms with Gasteiger partial charge in [0, 0.05) is 31.7 Å². The van der Waals surface area contributed by atoms with Gasteiger partial charge in [-0.05, 0) is 32.4 Å². The number of pyridine rings is 1. The van der Waals surface area contributed by atoms with Gasteiger partial charge < -0.3 is 14.6 Å². The van der Waals surface area contributed by atoms with E-state index in [0.29, 0.717) is 35.8 Å². The summed E-state index contributed by atoms with van der Waals surface area (Å²) in [5.41, 5.74) is 1.20. The summed E-state index contributed by atoms with van der Waals surface area (Å²) in [6, 6.07) is 4.59. The Labute approximate surface area is 177 Å². The monoisotopic (exact) mass is 423 g/mol. The van der Waals surface area contributed by atoms with Gasteiger partial charge in [-0.25, -0.2) is 9.97 Å². The first-order chi connectivity index (χ1) is 14.5. The van der Waals surface area contributed by atoms with Gasteiger partial charge in [-0.15, -0.1) is 11.3 Å². The lowest BCUT2D eigenvalue weighted by Crippen LogP contribution is -2.33. The van der Waals surface area contributed by atoms with Crippen molar-refractivity contribution in [2.24, 2.45) is 0 Å². The summed E-state index contributed by atoms with van der Waals surface area (Å²) in [6.07, 6.45) is 7.51. The molecule has 1 atom stereocenters. The van der Waals surface area contributed by atoms with Crippen LogP contribution >= 0.6 is 11.3 Å². The van der Waals surface area contributed by atoms with E-state index in [0.717, 1.165) is 5.01 Å². The SMILES string of the molecule is Cc1nc(C)c(C(=O)C2=C(O)C(=O)N(CCCn3ccnc3)C2c2ccccn2)s1. The highest BCUT2D eigenvalue weighted by atomic mass is 32.1. The Morgan fingerprint density at radius 1 is 1.23 bits per heavy atom. The first-order valence-electron chi connectivity index (χ1n) is 9.57. The van der Waals surface area contributed by atoms with Crippen LogP contribution in [0.1, 0.15) is 38.5 Å². The van der Waals surface area contributed by atoms with Crippen molar-refractivity contribution < 1.29 is 14.7 Å². The highest BCUT2D eigenvalue weighted by Crippen LogP contribution is 2.39. The van der Waals surface area contributed by atoms with Crippen LogP contribution in [0.25, 0.3) is 0 Å². The van der Waals surface area contributed by atoms with Crippen molar-refractivity contribution in [1.29, 1.82) is 0 Å². The van der Waals surface area contributed by atoms with Gasteiger partial charge >= 0.3 is 0 Å². The average molecular weight is 423 g/mol. The Kier molecular flexibility index (Phi) is 5.45. The van der Waals surface area contributed by atoms with E-state index < -0.39 is 17.7 Å². The van der Waals surface area contributed by atoms with Crippen LogP contribution in [-0.2, 0) is 11.3 Å². The van der Waals surface area contributed by atoms with Crippen molar-refractivity contribution >= 4 is 23.0 Å². The molecule has 0 fully saturated rings. The van der Waals surface area contributed by atoms with Gasteiger partial charge in [0.15, 0.2) is 5.76 Å². The first kappa shape index (κ1) is 20.0. The fraction of sp³-hybridized carbons (Fsp3) is 0.286. The minimum Gasteiger partial charge on any atom is -0.503 e. The second-order valence-corrected chi connectivity index (χ2v) is 8.25. The van der Waals surface area contributed by atoms with Crippen molar-refractivity contribution in [3.63, 3.8) is 0 Å². The number of carbonyl (C=O) groups excluding carboxylic acids is 2. The van der Waals surface area contributed by atoms with E-state index in [-0.39, 0.29) is 11.4 Å². The van der Waals surface area contributed by atoms with Crippen LogP contribution in [0.15, 0.2) is 54.4 Å². The predicted octanol–water partition coefficient (Wildman–Crippen LogP) is 3.02. The van der Waals surface area contributed by atoms with E-state index in [2.05, 4.69) is 15.0 Å². The number of hydrogen-bond donors (Lipinski definition) is 1. The maximum Gasteiger partial charge on any atom is 0.290 e. The third kappa shape index (κ3) is 3.63. The number of Topliss-reactive ketones (excluding diaryl/α,β-unsaturated/α-hetero) is 1. The molecule has 4 heterocycles. The molecule has 3 aromatic rings. The van der Waals surface area contributed by atoms with Crippen molar-refractivity contribution in [1.82, 2.24) is 24.4 Å². The summed E-state index contributed by atoms with van der Waals surface area (Å²) < 4.78 is 1.92. The number of aryl methyl sites for hydroxylation is 3. The van der Waals surface area contributed by atoms with Crippen LogP contribution in [0.2, 0.25) is 0 Å². The second kappa shape index (κ2) is 8.19. The zero-order chi connectivity index (χ0) is 21.3. The Morgan fingerprint density at radius 2 is 2.07 bits per heavy atom. The molecule has 1 aliphatic rings. The summed E-state index contributed by atoms with van der Waals surface area (Å²) in [5, 5.41) is 11.4. The summed E-state index contributed by atoms with van der Waals surface area (Å²) in [4.78, 5) is 40.9. The largest absolute Gasteiger partial charge is 0.503 e. The third-order valence-corrected chi connectivity index (χ3v) is 6.07. The number of nitrogens with zero attached hydrogens (tertiary/aromatic N) is 5. The molecule has 0 saturated heterocycles. The standard InChI is InChI=1S/C21H21N5O3S/c1-13-20(30-14(2)24-13)18(27)16-17(15-6-3-4-7-23-15)26(21(29)19(16)28)10-5-9-25-11-8-22-12-25/h3-4,6-8,11-12,17,28H,5,9-10H2,1-2H3. The van der Waals surface area contributed by atoms with E-state index in [4.69, 9.17) is 0 Å². The summed E-state index contributed by atoms with van der Waals surface area (Å²) in [5.74, 6) is -1.45. The molecule has 1 amide bonds. The van der Waals surface area contributed by atoms with Gasteiger partial charge in [0.05, 0.1) is 33.2 Å². The van der Waals surface area contributed by atoms with Crippen LogP contribution < -0.4 is 0 Å². The third-order valence-electron chi connectivity index (χ3n) is 5.00. The van der Waals surface area contributed by atoms with E-state index in [1.165, 1.54) is 16.2 Å². The zero-order valence-corrected chi connectivity index (χ0v) is 17.5. The van der Waals surface area contributed by atoms with Gasteiger partial charge in [-0.3, -0.25) is 14.6 Å². The fourth-order valence-corrected chi connectivity index (χ4v) is 4.54. The molecule has 0 aliphatic carbocycles. The van der Waals surface area contributed by atoms with Crippen LogP contribution in [0, 0.1) is 13.8 Å². The molecule has 1 aliphatic heterocycles. The Balaban J connectivity index is 1.67. The Bertz CT molecular complexity index is 1110. The number of amides is 1. The molecule has 0 aromatic carbocycles. The molecule has 1 unspecified atom stereocenters. The molecule has 8 nitrogen and oxygen atoms in total. The van der Waals surface area contributed by atoms with Crippen LogP contribution in [-0.4, -0.2) is 47.8 Å². The number of ketones is 1. The maximum absolute atomic E-state index is 13.4. The van der Waals surface area contributed by atoms with Gasteiger partial charge in [-0.1, -0.05) is 6.07 Å². The highest BCUT2D eigenvalue weighted by Gasteiger charge is 2.44. The highest BCUT2D eigenvalue weighted by molar-refractivity contribution is 7.14. The molecule has 1 N–H and O–H groups in total. The lowest BCUT2D eigenvalue weighted by Gasteiger charge is -2.26. The van der Waals surface area contributed by atoms with Crippen molar-refractivity contribution in [2.75, 3.05) is 6.54 Å². The quantitative estimate of drug-likeness (QED) is 0.586. The lowest BCUT2D eigenvalue weighted by atomic mass is 9.98. The minimum absolute atomic E-state index is 0.0630. The number of aliphatic hydroxyl groups is 1. The first-order valence-corrected chi connectivity index (χ1v) is 10.4. The molecule has 0 radical (unpaired) electrons. The minimum atomic E-state index is -0.740. The van der Waals surface area contributed by atoms with E-state index in [1.54, 1.807) is 43.8 Å². The molecule has 9 heteroatoms. The molecule has 3 aromatic heterocycles. The van der Waals surface area contributed by atoms with Gasteiger partial charge in [-0.2, -0.15) is 0 Å². The predicted molar refractivity (Wildman–Crippen MR) is 111 cm³/mol. The number of imidazole rings is 1. The van der Waals surface area contributed by atoms with Crippen molar-refractivity contribution in [3.05, 3.63) is 75.7 Å². The molecular weight excluding hydrogens is 402 g/mol. The molecule has 4 rings (SSSR count). The summed E-state index contributed by atoms with van der Waals surface area (Å²) in [6.45, 7) is 4.60. The Hall–Kier alpha value is -3.33. The average Bonchev–Trinajstić information content (AvgIpc) is 3.43. The Morgan fingerprint density at radius 3 is 2.70 bits per heavy atom. The molecule has 0 spiro atoms. The molecular formula is C21H21N5O3S. The van der Waals surface area contributed by atoms with Gasteiger partial charge in [0.2, 0.25) is 5.78 Å². The second-order valence-electron chi connectivity index (χ2n) is 7.05. The molecule has 0 saturated carbocycles. The van der Waals surface area contributed by atoms with Gasteiger partial charge in [0.25, 0.3) is 5.91 Å². The van der Waals surface area contributed by atoms with Crippen LogP contribution in [0.3, 0.4) is 0 Å². The number of aromatic nitrogens is 4. The normalized spacial score (nSPS) is 16.5. The number of rotatable bonds is 7. The van der Waals surface area contributed by atoms with E-state index in [9.17, 15) is 14.7 Å². The number of thiazole rings is 1. The van der Waals surface area contributed by atoms with Gasteiger partial charge in [0.1, 0.15) is 6.04 Å². The topological polar surface area (TPSA) is 101 Å². The molecule has 0 bridgehead atoms. The number of hydrogen-bond acceptors (Lipinski definition) is 7. The van der Waals surface area contributed by atoms with Crippen LogP contribution in [0.5, 0.6) is 0 Å². The summed E-state index contributed by atoms with van der Waals surface area (Å²) >= 11 is 1.26. The maximum atomic E-state index is 13.4. The van der Waals surface area contributed by atoms with Crippen LogP contribution in [0.4, 0.5) is 0 Å². The smallest absolute Gasteiger partial charge is 0.290 e. The lowest BCUT2D eigenvalue weighted by molar-refractivity contribution is -0.129. The molecule has 30 heavy (non-hydrogen) atoms. The number of carbonyl (C=O) groups is 2. The van der Waals surface area contributed by atoms with E-state index >= 15 is 0 Å². The van der Waals surface area contributed by atoms with Crippen molar-refractivity contribution in [3.8, 4) is 0 Å². The van der Waals surface area contributed by atoms with Crippen molar-refractivity contribution in [2.45, 2.75) is 32.9 Å². The molecule has 154 valence electrons.